The normalized spacial score (nSPS) is 10.9. The molecule has 0 fully saturated rings. The van der Waals surface area contributed by atoms with Gasteiger partial charge in [0.05, 0.1) is 11.0 Å². The summed E-state index contributed by atoms with van der Waals surface area (Å²) in [6.07, 6.45) is 2.09. The maximum Gasteiger partial charge on any atom is 0.233 e. The summed E-state index contributed by atoms with van der Waals surface area (Å²) in [6.45, 7) is 4.09. The Kier molecular flexibility index (Phi) is 3.10. The van der Waals surface area contributed by atoms with Crippen LogP contribution in [0.4, 0.5) is 0 Å². The smallest absolute Gasteiger partial charge is 0.233 e. The predicted molar refractivity (Wildman–Crippen MR) is 68.2 cm³/mol. The van der Waals surface area contributed by atoms with Gasteiger partial charge in [-0.1, -0.05) is 15.9 Å². The van der Waals surface area contributed by atoms with Crippen molar-refractivity contribution in [1.82, 2.24) is 9.55 Å². The molecule has 1 aromatic carbocycles. The van der Waals surface area contributed by atoms with Gasteiger partial charge in [0.25, 0.3) is 0 Å². The Hall–Kier alpha value is -1.16. The van der Waals surface area contributed by atoms with Crippen molar-refractivity contribution in [2.45, 2.75) is 20.3 Å². The van der Waals surface area contributed by atoms with Crippen LogP contribution in [0.2, 0.25) is 0 Å². The van der Waals surface area contributed by atoms with Crippen LogP contribution >= 0.6 is 15.9 Å². The zero-order valence-corrected chi connectivity index (χ0v) is 10.9. The van der Waals surface area contributed by atoms with E-state index in [9.17, 15) is 4.79 Å². The maximum atomic E-state index is 11.8. The largest absolute Gasteiger partial charge is 0.274 e. The van der Waals surface area contributed by atoms with Crippen molar-refractivity contribution < 1.29 is 4.79 Å². The van der Waals surface area contributed by atoms with Gasteiger partial charge in [-0.3, -0.25) is 9.36 Å². The van der Waals surface area contributed by atoms with Gasteiger partial charge < -0.3 is 0 Å². The van der Waals surface area contributed by atoms with E-state index in [-0.39, 0.29) is 5.91 Å². The van der Waals surface area contributed by atoms with Crippen LogP contribution in [0.15, 0.2) is 18.5 Å². The van der Waals surface area contributed by atoms with Crippen LogP contribution in [0.1, 0.15) is 22.3 Å². The number of aromatic nitrogens is 2. The number of benzene rings is 1. The van der Waals surface area contributed by atoms with Gasteiger partial charge in [-0.25, -0.2) is 4.98 Å². The molecule has 84 valence electrons. The summed E-state index contributed by atoms with van der Waals surface area (Å²) in [7, 11) is 0. The van der Waals surface area contributed by atoms with Crippen molar-refractivity contribution in [2.75, 3.05) is 5.33 Å². The SMILES string of the molecule is Cc1cc2ncn(C(=O)CCBr)c2cc1C. The molecule has 0 spiro atoms. The molecule has 2 aromatic rings. The Balaban J connectivity index is 2.56. The third-order valence-corrected chi connectivity index (χ3v) is 3.14. The van der Waals surface area contributed by atoms with E-state index in [4.69, 9.17) is 0 Å². The van der Waals surface area contributed by atoms with Gasteiger partial charge in [-0.2, -0.15) is 0 Å². The molecule has 0 radical (unpaired) electrons. The summed E-state index contributed by atoms with van der Waals surface area (Å²) in [5.74, 6) is 0.0719. The molecular formula is C12H13BrN2O. The highest BCUT2D eigenvalue weighted by atomic mass is 79.9. The molecule has 2 rings (SSSR count). The van der Waals surface area contributed by atoms with Crippen molar-refractivity contribution in [3.05, 3.63) is 29.6 Å². The van der Waals surface area contributed by atoms with Gasteiger partial charge in [0.1, 0.15) is 6.33 Å². The van der Waals surface area contributed by atoms with Crippen molar-refractivity contribution >= 4 is 32.9 Å². The Labute approximate surface area is 103 Å². The molecule has 3 nitrogen and oxygen atoms in total. The lowest BCUT2D eigenvalue weighted by atomic mass is 10.1. The van der Waals surface area contributed by atoms with Gasteiger partial charge in [0.2, 0.25) is 5.91 Å². The predicted octanol–water partition coefficient (Wildman–Crippen LogP) is 3.08. The molecule has 0 atom stereocenters. The summed E-state index contributed by atoms with van der Waals surface area (Å²) >= 11 is 3.27. The first kappa shape index (κ1) is 11.3. The second-order valence-electron chi connectivity index (χ2n) is 3.87. The Morgan fingerprint density at radius 2 is 2.06 bits per heavy atom. The number of halogens is 1. The Bertz CT molecular complexity index is 545. The number of carbonyl (C=O) groups excluding carboxylic acids is 1. The Morgan fingerprint density at radius 1 is 1.38 bits per heavy atom. The zero-order chi connectivity index (χ0) is 11.7. The molecular weight excluding hydrogens is 268 g/mol. The van der Waals surface area contributed by atoms with Crippen LogP contribution < -0.4 is 0 Å². The van der Waals surface area contributed by atoms with E-state index in [0.717, 1.165) is 11.0 Å². The van der Waals surface area contributed by atoms with Crippen molar-refractivity contribution in [2.24, 2.45) is 0 Å². The number of aryl methyl sites for hydroxylation is 2. The first-order valence-corrected chi connectivity index (χ1v) is 6.29. The Morgan fingerprint density at radius 3 is 2.75 bits per heavy atom. The van der Waals surface area contributed by atoms with Crippen LogP contribution in [-0.4, -0.2) is 20.8 Å². The average Bonchev–Trinajstić information content (AvgIpc) is 2.62. The molecule has 0 amide bonds. The first-order chi connectivity index (χ1) is 7.63. The highest BCUT2D eigenvalue weighted by Crippen LogP contribution is 2.18. The average molecular weight is 281 g/mol. The van der Waals surface area contributed by atoms with E-state index >= 15 is 0 Å². The maximum absolute atomic E-state index is 11.8. The molecule has 0 aliphatic heterocycles. The fourth-order valence-electron chi connectivity index (χ4n) is 1.66. The van der Waals surface area contributed by atoms with Gasteiger partial charge in [-0.15, -0.1) is 0 Å². The monoisotopic (exact) mass is 280 g/mol. The van der Waals surface area contributed by atoms with Gasteiger partial charge >= 0.3 is 0 Å². The fraction of sp³-hybridized carbons (Fsp3) is 0.333. The van der Waals surface area contributed by atoms with E-state index < -0.39 is 0 Å². The minimum Gasteiger partial charge on any atom is -0.274 e. The van der Waals surface area contributed by atoms with Crippen LogP contribution in [0, 0.1) is 13.8 Å². The number of imidazole rings is 1. The van der Waals surface area contributed by atoms with Gasteiger partial charge in [0, 0.05) is 11.8 Å². The molecule has 16 heavy (non-hydrogen) atoms. The lowest BCUT2D eigenvalue weighted by Gasteiger charge is -2.03. The summed E-state index contributed by atoms with van der Waals surface area (Å²) in [5.41, 5.74) is 4.16. The topological polar surface area (TPSA) is 34.9 Å². The minimum absolute atomic E-state index is 0.0719. The zero-order valence-electron chi connectivity index (χ0n) is 9.33. The van der Waals surface area contributed by atoms with Crippen molar-refractivity contribution in [3.8, 4) is 0 Å². The number of hydrogen-bond donors (Lipinski definition) is 0. The molecule has 0 saturated heterocycles. The number of hydrogen-bond acceptors (Lipinski definition) is 2. The van der Waals surface area contributed by atoms with E-state index in [2.05, 4.69) is 20.9 Å². The van der Waals surface area contributed by atoms with Crippen molar-refractivity contribution in [3.63, 3.8) is 0 Å². The molecule has 4 heteroatoms. The molecule has 0 aliphatic carbocycles. The van der Waals surface area contributed by atoms with E-state index in [1.54, 1.807) is 10.9 Å². The summed E-state index contributed by atoms with van der Waals surface area (Å²) in [6, 6.07) is 4.03. The van der Waals surface area contributed by atoms with E-state index in [0.29, 0.717) is 11.8 Å². The van der Waals surface area contributed by atoms with Crippen LogP contribution in [0.5, 0.6) is 0 Å². The minimum atomic E-state index is 0.0719. The number of rotatable bonds is 2. The number of carbonyl (C=O) groups is 1. The molecule has 0 saturated carbocycles. The second kappa shape index (κ2) is 4.37. The fourth-order valence-corrected chi connectivity index (χ4v) is 2.00. The molecule has 1 aromatic heterocycles. The molecule has 1 heterocycles. The van der Waals surface area contributed by atoms with Gasteiger partial charge in [0.15, 0.2) is 0 Å². The molecule has 0 bridgehead atoms. The van der Waals surface area contributed by atoms with Crippen LogP contribution in [0.3, 0.4) is 0 Å². The molecule has 0 unspecified atom stereocenters. The highest BCUT2D eigenvalue weighted by Gasteiger charge is 2.10. The quantitative estimate of drug-likeness (QED) is 0.793. The van der Waals surface area contributed by atoms with E-state index in [1.165, 1.54) is 11.1 Å². The number of nitrogens with zero attached hydrogens (tertiary/aromatic N) is 2. The van der Waals surface area contributed by atoms with Crippen LogP contribution in [0.25, 0.3) is 11.0 Å². The van der Waals surface area contributed by atoms with Gasteiger partial charge in [-0.05, 0) is 37.1 Å². The molecule has 0 N–H and O–H groups in total. The lowest BCUT2D eigenvalue weighted by Crippen LogP contribution is -2.09. The third kappa shape index (κ3) is 1.89. The molecule has 0 aliphatic rings. The standard InChI is InChI=1S/C12H13BrN2O/c1-8-5-10-11(6-9(8)2)15(7-14-10)12(16)3-4-13/h5-7H,3-4H2,1-2H3. The number of alkyl halides is 1. The van der Waals surface area contributed by atoms with Crippen LogP contribution in [-0.2, 0) is 0 Å². The summed E-state index contributed by atoms with van der Waals surface area (Å²) in [5, 5.41) is 0.677. The highest BCUT2D eigenvalue weighted by molar-refractivity contribution is 9.09. The first-order valence-electron chi connectivity index (χ1n) is 5.17. The van der Waals surface area contributed by atoms with Crippen molar-refractivity contribution in [1.29, 1.82) is 0 Å². The summed E-state index contributed by atoms with van der Waals surface area (Å²) in [4.78, 5) is 16.1. The van der Waals surface area contributed by atoms with E-state index in [1.807, 2.05) is 26.0 Å². The number of fused-ring (bicyclic) bond motifs is 1. The second-order valence-corrected chi connectivity index (χ2v) is 4.67. The summed E-state index contributed by atoms with van der Waals surface area (Å²) < 4.78 is 1.63. The lowest BCUT2D eigenvalue weighted by molar-refractivity contribution is 0.0915. The third-order valence-electron chi connectivity index (χ3n) is 2.74.